The van der Waals surface area contributed by atoms with Crippen LogP contribution in [-0.2, 0) is 6.54 Å². The summed E-state index contributed by atoms with van der Waals surface area (Å²) in [5.41, 5.74) is 0.811. The maximum atomic E-state index is 5.84. The zero-order valence-electron chi connectivity index (χ0n) is 14.6. The van der Waals surface area contributed by atoms with Gasteiger partial charge in [0.2, 0.25) is 5.82 Å². The van der Waals surface area contributed by atoms with Gasteiger partial charge in [0.25, 0.3) is 0 Å². The van der Waals surface area contributed by atoms with E-state index < -0.39 is 0 Å². The Balaban J connectivity index is 1.55. The van der Waals surface area contributed by atoms with E-state index in [0.717, 1.165) is 17.7 Å². The smallest absolute Gasteiger partial charge is 0.205 e. The van der Waals surface area contributed by atoms with Gasteiger partial charge in [0.05, 0.1) is 27.4 Å². The Morgan fingerprint density at radius 2 is 1.77 bits per heavy atom. The van der Waals surface area contributed by atoms with E-state index in [1.54, 1.807) is 31.1 Å². The van der Waals surface area contributed by atoms with E-state index in [9.17, 15) is 0 Å². The monoisotopic (exact) mass is 374 g/mol. The third-order valence-electron chi connectivity index (χ3n) is 3.68. The second-order valence-corrected chi connectivity index (χ2v) is 5.87. The number of benzene rings is 2. The van der Waals surface area contributed by atoms with Crippen molar-refractivity contribution in [2.45, 2.75) is 13.0 Å². The van der Waals surface area contributed by atoms with Crippen LogP contribution in [0.1, 0.15) is 6.42 Å². The van der Waals surface area contributed by atoms with Crippen LogP contribution in [0.4, 0.5) is 0 Å². The minimum Gasteiger partial charge on any atom is -0.494 e. The van der Waals surface area contributed by atoms with Gasteiger partial charge < -0.3 is 14.2 Å². The minimum atomic E-state index is 0.532. The average molecular weight is 375 g/mol. The topological polar surface area (TPSA) is 71.3 Å². The Labute approximate surface area is 156 Å². The highest BCUT2D eigenvalue weighted by atomic mass is 35.5. The molecule has 0 fully saturated rings. The number of aromatic nitrogens is 4. The van der Waals surface area contributed by atoms with Gasteiger partial charge >= 0.3 is 0 Å². The first-order valence-corrected chi connectivity index (χ1v) is 8.46. The summed E-state index contributed by atoms with van der Waals surface area (Å²) in [6.07, 6.45) is 0.754. The van der Waals surface area contributed by atoms with Gasteiger partial charge in [-0.15, -0.1) is 10.2 Å². The maximum Gasteiger partial charge on any atom is 0.205 e. The minimum absolute atomic E-state index is 0.532. The molecule has 0 radical (unpaired) electrons. The molecule has 0 spiro atoms. The van der Waals surface area contributed by atoms with Crippen LogP contribution < -0.4 is 14.2 Å². The van der Waals surface area contributed by atoms with Gasteiger partial charge in [-0.25, -0.2) is 0 Å². The fraction of sp³-hybridized carbons (Fsp3) is 0.278. The molecule has 26 heavy (non-hydrogen) atoms. The summed E-state index contributed by atoms with van der Waals surface area (Å²) in [5.74, 6) is 2.59. The van der Waals surface area contributed by atoms with Gasteiger partial charge in [-0.3, -0.25) is 0 Å². The van der Waals surface area contributed by atoms with Crippen LogP contribution >= 0.6 is 11.6 Å². The van der Waals surface area contributed by atoms with Crippen molar-refractivity contribution in [1.29, 1.82) is 0 Å². The number of hydrogen-bond donors (Lipinski definition) is 0. The number of ether oxygens (including phenoxy) is 3. The van der Waals surface area contributed by atoms with Crippen LogP contribution in [0, 0.1) is 0 Å². The van der Waals surface area contributed by atoms with Gasteiger partial charge in [0.15, 0.2) is 11.5 Å². The first kappa shape index (κ1) is 18.0. The van der Waals surface area contributed by atoms with Crippen LogP contribution in [0.25, 0.3) is 11.4 Å². The molecule has 8 heteroatoms. The lowest BCUT2D eigenvalue weighted by molar-refractivity contribution is 0.293. The normalized spacial score (nSPS) is 10.6. The lowest BCUT2D eigenvalue weighted by Crippen LogP contribution is -2.07. The van der Waals surface area contributed by atoms with E-state index in [0.29, 0.717) is 35.5 Å². The summed E-state index contributed by atoms with van der Waals surface area (Å²) in [6.45, 7) is 1.16. The SMILES string of the molecule is COc1ccc(-c2nnn(CCCOc3ccc(Cl)cc3)n2)cc1OC. The van der Waals surface area contributed by atoms with Crippen molar-refractivity contribution >= 4 is 11.6 Å². The predicted molar refractivity (Wildman–Crippen MR) is 97.9 cm³/mol. The molecule has 0 N–H and O–H groups in total. The molecule has 0 aliphatic heterocycles. The van der Waals surface area contributed by atoms with Gasteiger partial charge in [0.1, 0.15) is 5.75 Å². The van der Waals surface area contributed by atoms with E-state index in [4.69, 9.17) is 25.8 Å². The molecular weight excluding hydrogens is 356 g/mol. The number of rotatable bonds is 8. The number of tetrazole rings is 1. The van der Waals surface area contributed by atoms with Crippen LogP contribution in [0.3, 0.4) is 0 Å². The summed E-state index contributed by atoms with van der Waals surface area (Å²) >= 11 is 5.84. The number of halogens is 1. The first-order valence-electron chi connectivity index (χ1n) is 8.08. The van der Waals surface area contributed by atoms with E-state index in [-0.39, 0.29) is 0 Å². The van der Waals surface area contributed by atoms with Gasteiger partial charge in [-0.2, -0.15) is 4.80 Å². The lowest BCUT2D eigenvalue weighted by Gasteiger charge is -2.07. The quantitative estimate of drug-likeness (QED) is 0.562. The van der Waals surface area contributed by atoms with Crippen molar-refractivity contribution in [1.82, 2.24) is 20.2 Å². The summed E-state index contributed by atoms with van der Waals surface area (Å²) in [5, 5.41) is 13.3. The third kappa shape index (κ3) is 4.43. The molecule has 0 bridgehead atoms. The molecule has 3 rings (SSSR count). The van der Waals surface area contributed by atoms with E-state index in [1.807, 2.05) is 30.3 Å². The van der Waals surface area contributed by atoms with E-state index >= 15 is 0 Å². The molecule has 136 valence electrons. The number of aryl methyl sites for hydroxylation is 1. The third-order valence-corrected chi connectivity index (χ3v) is 3.93. The molecule has 0 unspecified atom stereocenters. The fourth-order valence-corrected chi connectivity index (χ4v) is 2.48. The molecule has 0 saturated carbocycles. The zero-order chi connectivity index (χ0) is 18.4. The maximum absolute atomic E-state index is 5.84. The fourth-order valence-electron chi connectivity index (χ4n) is 2.36. The van der Waals surface area contributed by atoms with Crippen molar-refractivity contribution in [3.63, 3.8) is 0 Å². The Morgan fingerprint density at radius 3 is 2.50 bits per heavy atom. The van der Waals surface area contributed by atoms with Gasteiger partial charge in [-0.1, -0.05) is 11.6 Å². The Kier molecular flexibility index (Phi) is 5.91. The summed E-state index contributed by atoms with van der Waals surface area (Å²) < 4.78 is 16.2. The molecule has 0 aliphatic rings. The summed E-state index contributed by atoms with van der Waals surface area (Å²) in [6, 6.07) is 12.8. The van der Waals surface area contributed by atoms with Gasteiger partial charge in [0, 0.05) is 17.0 Å². The Hall–Kier alpha value is -2.80. The number of nitrogens with zero attached hydrogens (tertiary/aromatic N) is 4. The Morgan fingerprint density at radius 1 is 1.00 bits per heavy atom. The summed E-state index contributed by atoms with van der Waals surface area (Å²) in [4.78, 5) is 1.55. The average Bonchev–Trinajstić information content (AvgIpc) is 3.15. The van der Waals surface area contributed by atoms with E-state index in [1.165, 1.54) is 0 Å². The Bertz CT molecular complexity index is 852. The highest BCUT2D eigenvalue weighted by Gasteiger charge is 2.10. The molecule has 7 nitrogen and oxygen atoms in total. The standard InChI is InChI=1S/C18H19ClN4O3/c1-24-16-9-4-13(12-17(16)25-2)18-20-22-23(21-18)10-3-11-26-15-7-5-14(19)6-8-15/h4-9,12H,3,10-11H2,1-2H3. The molecule has 0 aliphatic carbocycles. The lowest BCUT2D eigenvalue weighted by atomic mass is 10.2. The predicted octanol–water partition coefficient (Wildman–Crippen LogP) is 3.48. The highest BCUT2D eigenvalue weighted by molar-refractivity contribution is 6.30. The second-order valence-electron chi connectivity index (χ2n) is 5.43. The molecule has 1 heterocycles. The summed E-state index contributed by atoms with van der Waals surface area (Å²) in [7, 11) is 3.19. The van der Waals surface area contributed by atoms with Crippen molar-refractivity contribution < 1.29 is 14.2 Å². The van der Waals surface area contributed by atoms with Crippen molar-refractivity contribution in [2.24, 2.45) is 0 Å². The number of methoxy groups -OCH3 is 2. The van der Waals surface area contributed by atoms with Crippen molar-refractivity contribution in [2.75, 3.05) is 20.8 Å². The van der Waals surface area contributed by atoms with Crippen molar-refractivity contribution in [3.8, 4) is 28.6 Å². The molecular formula is C18H19ClN4O3. The number of hydrogen-bond acceptors (Lipinski definition) is 6. The van der Waals surface area contributed by atoms with Crippen LogP contribution in [0.15, 0.2) is 42.5 Å². The molecule has 3 aromatic rings. The molecule has 0 atom stereocenters. The molecule has 2 aromatic carbocycles. The van der Waals surface area contributed by atoms with Crippen molar-refractivity contribution in [3.05, 3.63) is 47.5 Å². The largest absolute Gasteiger partial charge is 0.494 e. The molecule has 0 amide bonds. The van der Waals surface area contributed by atoms with E-state index in [2.05, 4.69) is 15.4 Å². The second kappa shape index (κ2) is 8.53. The van der Waals surface area contributed by atoms with Crippen LogP contribution in [-0.4, -0.2) is 41.0 Å². The first-order chi connectivity index (χ1) is 12.7. The highest BCUT2D eigenvalue weighted by Crippen LogP contribution is 2.30. The van der Waals surface area contributed by atoms with Crippen LogP contribution in [0.2, 0.25) is 5.02 Å². The zero-order valence-corrected chi connectivity index (χ0v) is 15.3. The van der Waals surface area contributed by atoms with Crippen LogP contribution in [0.5, 0.6) is 17.2 Å². The molecule has 0 saturated heterocycles. The van der Waals surface area contributed by atoms with Gasteiger partial charge in [-0.05, 0) is 47.7 Å². The molecule has 1 aromatic heterocycles.